The molecule has 2 aromatic carbocycles. The minimum atomic E-state index is -2.04. The number of carbonyl (C=O) groups is 1. The van der Waals surface area contributed by atoms with E-state index in [1.165, 1.54) is 11.2 Å². The zero-order valence-electron chi connectivity index (χ0n) is 13.2. The second-order valence-corrected chi connectivity index (χ2v) is 6.02. The lowest BCUT2D eigenvalue weighted by Crippen LogP contribution is -2.42. The summed E-state index contributed by atoms with van der Waals surface area (Å²) in [6.07, 6.45) is 1.19. The molecular weight excluding hydrogens is 306 g/mol. The highest BCUT2D eigenvalue weighted by Crippen LogP contribution is 2.42. The molecule has 0 fully saturated rings. The van der Waals surface area contributed by atoms with Crippen molar-refractivity contribution in [3.8, 4) is 0 Å². The molecule has 120 valence electrons. The zero-order valence-corrected chi connectivity index (χ0v) is 13.2. The van der Waals surface area contributed by atoms with Gasteiger partial charge in [-0.3, -0.25) is 9.59 Å². The molecule has 1 aliphatic heterocycles. The topological polar surface area (TPSA) is 70.8 Å². The first-order valence-corrected chi connectivity index (χ1v) is 7.58. The Balaban J connectivity index is 2.08. The molecule has 24 heavy (non-hydrogen) atoms. The third kappa shape index (κ3) is 1.67. The van der Waals surface area contributed by atoms with Crippen LogP contribution in [-0.2, 0) is 10.4 Å². The normalized spacial score (nSPS) is 19.8. The van der Waals surface area contributed by atoms with E-state index < -0.39 is 16.9 Å². The number of benzene rings is 2. The summed E-state index contributed by atoms with van der Waals surface area (Å²) in [7, 11) is 1.58. The maximum absolute atomic E-state index is 13.0. The number of anilines is 1. The highest BCUT2D eigenvalue weighted by Gasteiger charge is 2.51. The van der Waals surface area contributed by atoms with Crippen LogP contribution in [0.4, 0.5) is 5.69 Å². The highest BCUT2D eigenvalue weighted by atomic mass is 16.3. The molecule has 0 saturated carbocycles. The van der Waals surface area contributed by atoms with Crippen molar-refractivity contribution < 1.29 is 14.3 Å². The number of rotatable bonds is 1. The largest absolute Gasteiger partial charge is 0.464 e. The maximum Gasteiger partial charge on any atom is 0.268 e. The predicted molar refractivity (Wildman–Crippen MR) is 90.1 cm³/mol. The molecule has 1 unspecified atom stereocenters. The van der Waals surface area contributed by atoms with Crippen LogP contribution in [-0.4, -0.2) is 18.1 Å². The van der Waals surface area contributed by atoms with E-state index in [9.17, 15) is 14.7 Å². The Hall–Kier alpha value is -2.92. The van der Waals surface area contributed by atoms with Gasteiger partial charge in [-0.25, -0.2) is 0 Å². The third-order valence-electron chi connectivity index (χ3n) is 4.67. The number of hydrogen-bond acceptors (Lipinski definition) is 4. The Bertz CT molecular complexity index is 1050. The second kappa shape index (κ2) is 4.79. The molecular formula is C19H15NO4. The summed E-state index contributed by atoms with van der Waals surface area (Å²) in [5.41, 5.74) is -0.366. The molecule has 1 aromatic heterocycles. The summed E-state index contributed by atoms with van der Waals surface area (Å²) in [6.45, 7) is 1.80. The molecule has 0 bridgehead atoms. The molecule has 4 rings (SSSR count). The van der Waals surface area contributed by atoms with E-state index >= 15 is 0 Å². The number of amides is 1. The lowest BCUT2D eigenvalue weighted by atomic mass is 9.87. The van der Waals surface area contributed by atoms with Crippen LogP contribution >= 0.6 is 0 Å². The van der Waals surface area contributed by atoms with Gasteiger partial charge in [0.2, 0.25) is 5.60 Å². The van der Waals surface area contributed by atoms with E-state index in [0.29, 0.717) is 22.2 Å². The fourth-order valence-electron chi connectivity index (χ4n) is 3.39. The first-order valence-electron chi connectivity index (χ1n) is 7.58. The van der Waals surface area contributed by atoms with Crippen molar-refractivity contribution in [1.29, 1.82) is 0 Å². The fourth-order valence-corrected chi connectivity index (χ4v) is 3.39. The van der Waals surface area contributed by atoms with Gasteiger partial charge in [0.05, 0.1) is 16.6 Å². The van der Waals surface area contributed by atoms with Crippen molar-refractivity contribution in [2.45, 2.75) is 12.5 Å². The van der Waals surface area contributed by atoms with E-state index in [4.69, 9.17) is 4.42 Å². The van der Waals surface area contributed by atoms with Gasteiger partial charge in [-0.1, -0.05) is 30.3 Å². The first-order chi connectivity index (χ1) is 11.5. The maximum atomic E-state index is 13.0. The Labute approximate surface area is 137 Å². The lowest BCUT2D eigenvalue weighted by Gasteiger charge is -2.21. The third-order valence-corrected chi connectivity index (χ3v) is 4.67. The Morgan fingerprint density at radius 2 is 1.79 bits per heavy atom. The van der Waals surface area contributed by atoms with Crippen molar-refractivity contribution in [3.63, 3.8) is 0 Å². The minimum absolute atomic E-state index is 0.0638. The monoisotopic (exact) mass is 321 g/mol. The number of aliphatic hydroxyl groups is 1. The number of hydrogen-bond donors (Lipinski definition) is 1. The number of likely N-dealkylation sites (N-methyl/N-ethyl adjacent to an activating group) is 1. The van der Waals surface area contributed by atoms with Gasteiger partial charge in [-0.2, -0.15) is 0 Å². The van der Waals surface area contributed by atoms with Crippen molar-refractivity contribution in [2.75, 3.05) is 11.9 Å². The Morgan fingerprint density at radius 3 is 2.58 bits per heavy atom. The summed E-state index contributed by atoms with van der Waals surface area (Å²) < 4.78 is 5.55. The van der Waals surface area contributed by atoms with E-state index in [2.05, 4.69) is 0 Å². The molecule has 0 spiro atoms. The average molecular weight is 321 g/mol. The van der Waals surface area contributed by atoms with Crippen molar-refractivity contribution in [2.24, 2.45) is 0 Å². The number of fused-ring (bicyclic) bond motifs is 2. The van der Waals surface area contributed by atoms with Crippen molar-refractivity contribution >= 4 is 22.6 Å². The van der Waals surface area contributed by atoms with Crippen LogP contribution in [0.15, 0.2) is 57.9 Å². The van der Waals surface area contributed by atoms with E-state index in [1.807, 2.05) is 0 Å². The van der Waals surface area contributed by atoms with Gasteiger partial charge >= 0.3 is 0 Å². The molecule has 1 aliphatic rings. The summed E-state index contributed by atoms with van der Waals surface area (Å²) in [6, 6.07) is 12.2. The zero-order chi connectivity index (χ0) is 17.1. The van der Waals surface area contributed by atoms with Crippen LogP contribution in [0.3, 0.4) is 0 Å². The number of carbonyl (C=O) groups excluding carboxylic acids is 1. The molecule has 3 aromatic rings. The van der Waals surface area contributed by atoms with Gasteiger partial charge in [0.25, 0.3) is 5.91 Å². The quantitative estimate of drug-likeness (QED) is 0.747. The smallest absolute Gasteiger partial charge is 0.268 e. The van der Waals surface area contributed by atoms with E-state index in [0.717, 1.165) is 5.56 Å². The molecule has 0 saturated heterocycles. The van der Waals surface area contributed by atoms with Gasteiger partial charge in [0.15, 0.2) is 5.43 Å². The van der Waals surface area contributed by atoms with Crippen LogP contribution in [0.5, 0.6) is 0 Å². The van der Waals surface area contributed by atoms with Gasteiger partial charge in [-0.15, -0.1) is 0 Å². The van der Waals surface area contributed by atoms with Crippen molar-refractivity contribution in [1.82, 2.24) is 0 Å². The predicted octanol–water partition coefficient (Wildman–Crippen LogP) is 2.31. The standard InChI is InChI=1S/C19H15NO4/c1-11-6-5-9-15-16(11)17(21)13(10-24-15)19(23)12-7-3-4-8-14(12)20(2)18(19)22/h3-10,23H,1-2H3. The fraction of sp³-hybridized carbons (Fsp3) is 0.158. The van der Waals surface area contributed by atoms with Crippen molar-refractivity contribution in [3.05, 3.63) is 75.6 Å². The molecule has 1 atom stereocenters. The molecule has 5 heteroatoms. The Morgan fingerprint density at radius 1 is 1.04 bits per heavy atom. The summed E-state index contributed by atoms with van der Waals surface area (Å²) in [5.74, 6) is -0.566. The summed E-state index contributed by atoms with van der Waals surface area (Å²) >= 11 is 0. The lowest BCUT2D eigenvalue weighted by molar-refractivity contribution is -0.132. The number of para-hydroxylation sites is 1. The van der Waals surface area contributed by atoms with Gasteiger partial charge in [0.1, 0.15) is 11.8 Å². The van der Waals surface area contributed by atoms with Gasteiger partial charge < -0.3 is 14.4 Å². The van der Waals surface area contributed by atoms with Gasteiger partial charge in [-0.05, 0) is 24.6 Å². The highest BCUT2D eigenvalue weighted by molar-refractivity contribution is 6.08. The minimum Gasteiger partial charge on any atom is -0.464 e. The van der Waals surface area contributed by atoms with E-state index in [-0.39, 0.29) is 5.56 Å². The SMILES string of the molecule is Cc1cccc2occ(C3(O)C(=O)N(C)c4ccccc43)c(=O)c12. The molecule has 0 aliphatic carbocycles. The summed E-state index contributed by atoms with van der Waals surface area (Å²) in [4.78, 5) is 27.1. The van der Waals surface area contributed by atoms with Crippen LogP contribution in [0.25, 0.3) is 11.0 Å². The average Bonchev–Trinajstić information content (AvgIpc) is 2.78. The molecule has 5 nitrogen and oxygen atoms in total. The Kier molecular flexibility index (Phi) is 2.92. The molecule has 2 heterocycles. The molecule has 1 N–H and O–H groups in total. The van der Waals surface area contributed by atoms with Crippen LogP contribution in [0.1, 0.15) is 16.7 Å². The second-order valence-electron chi connectivity index (χ2n) is 6.02. The van der Waals surface area contributed by atoms with E-state index in [1.54, 1.807) is 56.4 Å². The van der Waals surface area contributed by atoms with Gasteiger partial charge in [0, 0.05) is 12.6 Å². The number of aryl methyl sites for hydroxylation is 1. The molecule has 1 amide bonds. The first kappa shape index (κ1) is 14.7. The van der Waals surface area contributed by atoms with Crippen LogP contribution < -0.4 is 10.3 Å². The summed E-state index contributed by atoms with van der Waals surface area (Å²) in [5, 5.41) is 11.6. The van der Waals surface area contributed by atoms with Crippen LogP contribution in [0.2, 0.25) is 0 Å². The number of nitrogens with zero attached hydrogens (tertiary/aromatic N) is 1. The van der Waals surface area contributed by atoms with Crippen LogP contribution in [0, 0.1) is 6.92 Å². The molecule has 0 radical (unpaired) electrons.